The second-order valence-corrected chi connectivity index (χ2v) is 5.40. The van der Waals surface area contributed by atoms with Gasteiger partial charge in [0.25, 0.3) is 0 Å². The van der Waals surface area contributed by atoms with Crippen LogP contribution in [0, 0.1) is 13.8 Å². The van der Waals surface area contributed by atoms with E-state index in [2.05, 4.69) is 26.0 Å². The minimum Gasteiger partial charge on any atom is -0.298 e. The molecule has 0 saturated carbocycles. The molecule has 3 aromatic rings. The molecule has 0 aliphatic carbocycles. The molecule has 1 aromatic carbocycles. The van der Waals surface area contributed by atoms with E-state index in [9.17, 15) is 4.79 Å². The van der Waals surface area contributed by atoms with Crippen LogP contribution in [0.25, 0.3) is 16.7 Å². The predicted octanol–water partition coefficient (Wildman–Crippen LogP) is 3.61. The maximum Gasteiger partial charge on any atom is 0.164 e. The van der Waals surface area contributed by atoms with Gasteiger partial charge in [0.1, 0.15) is 0 Å². The summed E-state index contributed by atoms with van der Waals surface area (Å²) in [5.41, 5.74) is 3.17. The molecule has 100 valence electrons. The summed E-state index contributed by atoms with van der Waals surface area (Å²) in [5.74, 6) is 0.560. The highest BCUT2D eigenvalue weighted by atomic mass is 79.9. The average Bonchev–Trinajstić information content (AvgIpc) is 2.73. The topological polar surface area (TPSA) is 47.8 Å². The first kappa shape index (κ1) is 13.0. The first-order valence-electron chi connectivity index (χ1n) is 6.19. The lowest BCUT2D eigenvalue weighted by Gasteiger charge is -2.08. The van der Waals surface area contributed by atoms with Crippen molar-refractivity contribution in [1.82, 2.24) is 14.8 Å². The van der Waals surface area contributed by atoms with Crippen molar-refractivity contribution in [3.8, 4) is 5.82 Å². The van der Waals surface area contributed by atoms with Gasteiger partial charge in [0.15, 0.2) is 12.1 Å². The van der Waals surface area contributed by atoms with Gasteiger partial charge in [-0.05, 0) is 41.9 Å². The number of rotatable bonds is 2. The molecule has 0 spiro atoms. The number of carbonyl (C=O) groups is 1. The maximum atomic E-state index is 11.4. The van der Waals surface area contributed by atoms with Crippen LogP contribution in [0.15, 0.2) is 34.8 Å². The van der Waals surface area contributed by atoms with Gasteiger partial charge in [-0.1, -0.05) is 18.2 Å². The third-order valence-electron chi connectivity index (χ3n) is 3.26. The van der Waals surface area contributed by atoms with Crippen LogP contribution in [0.3, 0.4) is 0 Å². The number of pyridine rings is 1. The van der Waals surface area contributed by atoms with Gasteiger partial charge < -0.3 is 0 Å². The number of aryl methyl sites for hydroxylation is 1. The lowest BCUT2D eigenvalue weighted by Crippen LogP contribution is -2.06. The minimum absolute atomic E-state index is 0.529. The Labute approximate surface area is 124 Å². The Bertz CT molecular complexity index is 823. The lowest BCUT2D eigenvalue weighted by atomic mass is 10.1. The molecule has 0 radical (unpaired) electrons. The number of hydrogen-bond donors (Lipinski definition) is 0. The fraction of sp³-hybridized carbons (Fsp3) is 0.133. The molecule has 0 amide bonds. The van der Waals surface area contributed by atoms with Crippen LogP contribution in [0.2, 0.25) is 0 Å². The highest BCUT2D eigenvalue weighted by molar-refractivity contribution is 9.10. The molecule has 0 bridgehead atoms. The summed E-state index contributed by atoms with van der Waals surface area (Å²) >= 11 is 3.49. The molecule has 0 N–H and O–H groups in total. The van der Waals surface area contributed by atoms with Crippen molar-refractivity contribution in [3.05, 3.63) is 51.8 Å². The zero-order chi connectivity index (χ0) is 14.3. The molecule has 2 aromatic heterocycles. The number of nitrogens with zero attached hydrogens (tertiary/aromatic N) is 3. The summed E-state index contributed by atoms with van der Waals surface area (Å²) in [5, 5.41) is 5.39. The van der Waals surface area contributed by atoms with E-state index in [4.69, 9.17) is 0 Å². The molecule has 0 aliphatic rings. The van der Waals surface area contributed by atoms with Gasteiger partial charge in [0.2, 0.25) is 0 Å². The van der Waals surface area contributed by atoms with Gasteiger partial charge in [0, 0.05) is 5.39 Å². The summed E-state index contributed by atoms with van der Waals surface area (Å²) < 4.78 is 2.64. The van der Waals surface area contributed by atoms with Gasteiger partial charge in [-0.15, -0.1) is 0 Å². The van der Waals surface area contributed by atoms with Crippen molar-refractivity contribution >= 4 is 33.1 Å². The predicted molar refractivity (Wildman–Crippen MR) is 81.4 cm³/mol. The Balaban J connectivity index is 2.34. The Hall–Kier alpha value is -2.01. The van der Waals surface area contributed by atoms with E-state index in [-0.39, 0.29) is 0 Å². The molecule has 0 fully saturated rings. The van der Waals surface area contributed by atoms with Gasteiger partial charge in [-0.3, -0.25) is 4.79 Å². The normalized spacial score (nSPS) is 10.9. The summed E-state index contributed by atoms with van der Waals surface area (Å²) in [6, 6.07) is 9.56. The van der Waals surface area contributed by atoms with Crippen LogP contribution < -0.4 is 0 Å². The number of aldehydes is 1. The Kier molecular flexibility index (Phi) is 3.14. The third-order valence-corrected chi connectivity index (χ3v) is 4.41. The first-order valence-corrected chi connectivity index (χ1v) is 6.98. The van der Waals surface area contributed by atoms with E-state index in [0.717, 1.165) is 33.0 Å². The van der Waals surface area contributed by atoms with Gasteiger partial charge in [-0.2, -0.15) is 5.10 Å². The largest absolute Gasteiger partial charge is 0.298 e. The number of aromatic nitrogens is 3. The highest BCUT2D eigenvalue weighted by Crippen LogP contribution is 2.25. The van der Waals surface area contributed by atoms with Crippen molar-refractivity contribution in [1.29, 1.82) is 0 Å². The molecule has 0 atom stereocenters. The van der Waals surface area contributed by atoms with Crippen molar-refractivity contribution in [2.75, 3.05) is 0 Å². The molecule has 4 nitrogen and oxygen atoms in total. The summed E-state index contributed by atoms with van der Waals surface area (Å²) in [6.45, 7) is 3.85. The second kappa shape index (κ2) is 4.83. The third kappa shape index (κ3) is 1.94. The SMILES string of the molecule is Cc1nn(-c2nc3ccccc3cc2C=O)c(C)c1Br. The summed E-state index contributed by atoms with van der Waals surface area (Å²) in [6.07, 6.45) is 0.819. The van der Waals surface area contributed by atoms with E-state index in [0.29, 0.717) is 11.4 Å². The van der Waals surface area contributed by atoms with Gasteiger partial charge in [0.05, 0.1) is 26.9 Å². The van der Waals surface area contributed by atoms with Gasteiger partial charge >= 0.3 is 0 Å². The van der Waals surface area contributed by atoms with Crippen molar-refractivity contribution in [2.24, 2.45) is 0 Å². The maximum absolute atomic E-state index is 11.4. The quantitative estimate of drug-likeness (QED) is 0.675. The Morgan fingerprint density at radius 3 is 2.65 bits per heavy atom. The summed E-state index contributed by atoms with van der Waals surface area (Å²) in [7, 11) is 0. The molecule has 0 saturated heterocycles. The first-order chi connectivity index (χ1) is 9.61. The van der Waals surface area contributed by atoms with E-state index in [1.54, 1.807) is 4.68 Å². The Morgan fingerprint density at radius 1 is 1.25 bits per heavy atom. The average molecular weight is 330 g/mol. The summed E-state index contributed by atoms with van der Waals surface area (Å²) in [4.78, 5) is 15.9. The fourth-order valence-electron chi connectivity index (χ4n) is 2.21. The molecule has 20 heavy (non-hydrogen) atoms. The molecular formula is C15H12BrN3O. The zero-order valence-electron chi connectivity index (χ0n) is 11.1. The minimum atomic E-state index is 0.529. The van der Waals surface area contributed by atoms with Crippen LogP contribution >= 0.6 is 15.9 Å². The van der Waals surface area contributed by atoms with Crippen LogP contribution in [-0.2, 0) is 0 Å². The van der Waals surface area contributed by atoms with Crippen molar-refractivity contribution < 1.29 is 4.79 Å². The number of benzene rings is 1. The van der Waals surface area contributed by atoms with Crippen molar-refractivity contribution in [3.63, 3.8) is 0 Å². The van der Waals surface area contributed by atoms with Crippen LogP contribution in [0.1, 0.15) is 21.7 Å². The Morgan fingerprint density at radius 2 is 2.00 bits per heavy atom. The second-order valence-electron chi connectivity index (χ2n) is 4.61. The van der Waals surface area contributed by atoms with E-state index in [1.165, 1.54) is 0 Å². The van der Waals surface area contributed by atoms with Crippen molar-refractivity contribution in [2.45, 2.75) is 13.8 Å². The van der Waals surface area contributed by atoms with Crippen LogP contribution in [-0.4, -0.2) is 21.1 Å². The number of fused-ring (bicyclic) bond motifs is 1. The number of halogens is 1. The molecule has 3 rings (SSSR count). The molecular weight excluding hydrogens is 318 g/mol. The zero-order valence-corrected chi connectivity index (χ0v) is 12.7. The van der Waals surface area contributed by atoms with Gasteiger partial charge in [-0.25, -0.2) is 9.67 Å². The van der Waals surface area contributed by atoms with E-state index >= 15 is 0 Å². The molecule has 2 heterocycles. The number of para-hydroxylation sites is 1. The highest BCUT2D eigenvalue weighted by Gasteiger charge is 2.15. The molecule has 5 heteroatoms. The van der Waals surface area contributed by atoms with E-state index in [1.807, 2.05) is 44.2 Å². The van der Waals surface area contributed by atoms with Crippen LogP contribution in [0.4, 0.5) is 0 Å². The smallest absolute Gasteiger partial charge is 0.164 e. The molecule has 0 unspecified atom stereocenters. The number of hydrogen-bond acceptors (Lipinski definition) is 3. The molecule has 0 aliphatic heterocycles. The fourth-order valence-corrected chi connectivity index (χ4v) is 2.46. The monoisotopic (exact) mass is 329 g/mol. The van der Waals surface area contributed by atoms with E-state index < -0.39 is 0 Å². The number of carbonyl (C=O) groups excluding carboxylic acids is 1. The lowest BCUT2D eigenvalue weighted by molar-refractivity contribution is 0.112. The van der Waals surface area contributed by atoms with Crippen LogP contribution in [0.5, 0.6) is 0 Å². The standard InChI is InChI=1S/C15H12BrN3O/c1-9-14(16)10(2)19(18-9)15-12(8-20)7-11-5-3-4-6-13(11)17-15/h3-8H,1-2H3.